The molecule has 0 aliphatic carbocycles. The molecule has 96 heavy (non-hydrogen) atoms. The third-order valence-corrected chi connectivity index (χ3v) is 19.5. The normalized spacial score (nSPS) is 17.7. The van der Waals surface area contributed by atoms with Crippen LogP contribution < -0.4 is 48.1 Å². The van der Waals surface area contributed by atoms with E-state index in [1.54, 1.807) is 55.2 Å². The number of aliphatic hydroxyl groups excluding tert-OH is 1. The van der Waals surface area contributed by atoms with Crippen LogP contribution in [0.5, 0.6) is 5.75 Å². The van der Waals surface area contributed by atoms with Crippen LogP contribution in [0.2, 0.25) is 0 Å². The van der Waals surface area contributed by atoms with Crippen molar-refractivity contribution in [2.75, 3.05) is 44.8 Å². The van der Waals surface area contributed by atoms with E-state index in [0.29, 0.717) is 113 Å². The lowest BCUT2D eigenvalue weighted by molar-refractivity contribution is -0.146. The number of nitrogens with zero attached hydrogens (tertiary/aromatic N) is 2. The maximum atomic E-state index is 14.7. The summed E-state index contributed by atoms with van der Waals surface area (Å²) in [7, 11) is 1.58. The summed E-state index contributed by atoms with van der Waals surface area (Å²) in [6.07, 6.45) is 4.98. The van der Waals surface area contributed by atoms with E-state index in [-0.39, 0.29) is 69.2 Å². The van der Waals surface area contributed by atoms with Gasteiger partial charge in [-0.2, -0.15) is 23.5 Å². The van der Waals surface area contributed by atoms with Crippen molar-refractivity contribution < 1.29 is 61.8 Å². The van der Waals surface area contributed by atoms with Crippen molar-refractivity contribution in [2.45, 2.75) is 157 Å². The number of hydrogen-bond acceptors (Lipinski definition) is 14. The number of aliphatic hydroxyl groups is 1. The molecule has 0 unspecified atom stereocenters. The van der Waals surface area contributed by atoms with Gasteiger partial charge < -0.3 is 73.0 Å². The number of unbranched alkanes of at least 4 members (excludes halogenated alkanes) is 1. The van der Waals surface area contributed by atoms with Crippen molar-refractivity contribution >= 4 is 98.5 Å². The number of methoxy groups -OCH3 is 1. The van der Waals surface area contributed by atoms with Crippen molar-refractivity contribution in [1.29, 1.82) is 0 Å². The number of benzene rings is 4. The van der Waals surface area contributed by atoms with Gasteiger partial charge in [-0.3, -0.25) is 43.2 Å². The molecular formula is C69H88F2N12O11S2. The summed E-state index contributed by atoms with van der Waals surface area (Å²) in [6, 6.07) is 16.1. The highest BCUT2D eigenvalue weighted by molar-refractivity contribution is 7.98. The monoisotopic (exact) mass is 1360 g/mol. The lowest BCUT2D eigenvalue weighted by Crippen LogP contribution is -2.60. The zero-order chi connectivity index (χ0) is 69.1. The number of amides is 9. The van der Waals surface area contributed by atoms with Gasteiger partial charge in [0.15, 0.2) is 0 Å². The Bertz CT molecular complexity index is 3720. The number of β-amino-alcohol motifs (C(OH)–C–C–N with tert-alkyl or cyclic N) is 1. The highest BCUT2D eigenvalue weighted by Crippen LogP contribution is 2.32. The Hall–Kier alpha value is -8.53. The van der Waals surface area contributed by atoms with Crippen molar-refractivity contribution in [3.8, 4) is 5.75 Å². The Kier molecular flexibility index (Phi) is 26.7. The number of hydrogen-bond donors (Lipinski definition) is 11. The zero-order valence-electron chi connectivity index (χ0n) is 54.6. The summed E-state index contributed by atoms with van der Waals surface area (Å²) >= 11 is 3.19. The average molecular weight is 1360 g/mol. The van der Waals surface area contributed by atoms with Crippen LogP contribution in [0.1, 0.15) is 106 Å². The third-order valence-electron chi connectivity index (χ3n) is 17.4. The van der Waals surface area contributed by atoms with Gasteiger partial charge in [0.2, 0.25) is 53.2 Å². The van der Waals surface area contributed by atoms with Crippen molar-refractivity contribution in [1.82, 2.24) is 51.7 Å². The highest BCUT2D eigenvalue weighted by atomic mass is 32.2. The molecule has 516 valence electrons. The summed E-state index contributed by atoms with van der Waals surface area (Å²) in [4.78, 5) is 133. The molecule has 4 heterocycles. The van der Waals surface area contributed by atoms with Gasteiger partial charge >= 0.3 is 0 Å². The lowest BCUT2D eigenvalue weighted by Gasteiger charge is -2.36. The van der Waals surface area contributed by atoms with Crippen LogP contribution >= 0.6 is 23.5 Å². The van der Waals surface area contributed by atoms with Crippen LogP contribution in [0.4, 0.5) is 8.78 Å². The standard InChI is InChI=1S/C69H88F2N12O11S2/c1-5-10-60(85)79-57(30-42-14-18-50(94-4)19-15-42)67(92)83-26-9-23-69(83,3)68(93)74-25-28-96-40-44-12-8-11-43(29-44)39-95-27-22-61(86)78-55(13-6-7-24-72)64(89)77-41(2)63(88)80-56(31-45-36-75-53-20-16-47(70)33-51(45)53)65(90)81-58(66(91)82-38-49(84)35-59(82)62(73)87)32-46-37-76-54-21-17-48(71)34-52(46)54/h8,11-12,14-21,29,33-34,36-37,41,49,55-59,75-76,84H,5-7,9-10,13,22-28,30-32,35,38-40,72H2,1-4H3,(H2,73,87)(H,74,93)(H,77,89)(H,78,86)(H,79,85)(H,80,88)(H,81,90)/t41-,49+,55+,56+,57+,58+,59+,69+/m1/s1. The third kappa shape index (κ3) is 19.8. The predicted molar refractivity (Wildman–Crippen MR) is 365 cm³/mol. The number of thioether (sulfide) groups is 2. The van der Waals surface area contributed by atoms with Crippen LogP contribution in [0.3, 0.4) is 0 Å². The first-order valence-electron chi connectivity index (χ1n) is 32.5. The maximum absolute atomic E-state index is 14.7. The highest BCUT2D eigenvalue weighted by Gasteiger charge is 2.47. The summed E-state index contributed by atoms with van der Waals surface area (Å²) in [5.41, 5.74) is 15.3. The number of primary amides is 1. The summed E-state index contributed by atoms with van der Waals surface area (Å²) < 4.78 is 34.6. The molecule has 2 fully saturated rings. The van der Waals surface area contributed by atoms with Crippen molar-refractivity contribution in [3.05, 3.63) is 137 Å². The molecule has 2 aromatic heterocycles. The molecule has 0 bridgehead atoms. The van der Waals surface area contributed by atoms with E-state index in [1.165, 1.54) is 55.1 Å². The average Bonchev–Trinajstić information content (AvgIpc) is 1.87. The number of carbonyl (C=O) groups is 9. The number of aromatic nitrogens is 2. The summed E-state index contributed by atoms with van der Waals surface area (Å²) in [6.45, 7) is 5.92. The maximum Gasteiger partial charge on any atom is 0.246 e. The molecule has 6 aromatic rings. The van der Waals surface area contributed by atoms with Gasteiger partial charge in [-0.15, -0.1) is 0 Å². The van der Waals surface area contributed by atoms with Gasteiger partial charge in [0.1, 0.15) is 59.2 Å². The number of rotatable bonds is 35. The number of fused-ring (bicyclic) bond motifs is 2. The SMILES string of the molecule is CCCC(=O)N[C@@H](Cc1ccc(OC)cc1)C(=O)N1CCC[C@@]1(C)C(=O)NCCSCc1cccc(CSCCC(=O)N[C@@H](CCCCN)C(=O)N[C@H](C)C(=O)N[C@@H](Cc2c[nH]c3ccc(F)cc23)C(=O)N[C@@H](Cc2c[nH]c3ccc(F)cc23)C(=O)N2C[C@@H](O)C[C@H]2C(N)=O)c1. The molecule has 13 N–H and O–H groups in total. The molecule has 2 aliphatic rings. The van der Waals surface area contributed by atoms with E-state index in [0.717, 1.165) is 21.6 Å². The first-order valence-corrected chi connectivity index (χ1v) is 34.8. The van der Waals surface area contributed by atoms with E-state index >= 15 is 0 Å². The largest absolute Gasteiger partial charge is 0.497 e. The number of likely N-dealkylation sites (tertiary alicyclic amines) is 2. The van der Waals surface area contributed by atoms with Crippen LogP contribution in [-0.2, 0) is 73.9 Å². The van der Waals surface area contributed by atoms with Crippen molar-refractivity contribution in [3.63, 3.8) is 0 Å². The molecule has 8 atom stereocenters. The molecule has 2 aliphatic heterocycles. The van der Waals surface area contributed by atoms with Crippen molar-refractivity contribution in [2.24, 2.45) is 11.5 Å². The Morgan fingerprint density at radius 2 is 1.30 bits per heavy atom. The Labute approximate surface area is 565 Å². The molecule has 23 nitrogen and oxygen atoms in total. The van der Waals surface area contributed by atoms with Gasteiger partial charge in [-0.1, -0.05) is 43.3 Å². The Morgan fingerprint density at radius 3 is 1.93 bits per heavy atom. The molecule has 0 saturated carbocycles. The summed E-state index contributed by atoms with van der Waals surface area (Å²) in [5.74, 6) is -3.33. The summed E-state index contributed by atoms with van der Waals surface area (Å²) in [5, 5.41) is 28.3. The fourth-order valence-electron chi connectivity index (χ4n) is 12.2. The van der Waals surface area contributed by atoms with Crippen LogP contribution in [-0.4, -0.2) is 171 Å². The molecular weight excluding hydrogens is 1270 g/mol. The second-order valence-corrected chi connectivity index (χ2v) is 26.9. The number of H-pyrrole nitrogens is 2. The Morgan fingerprint density at radius 1 is 0.708 bits per heavy atom. The second kappa shape index (κ2) is 34.9. The smallest absolute Gasteiger partial charge is 0.246 e. The van der Waals surface area contributed by atoms with E-state index < -0.39 is 95.0 Å². The number of aromatic amines is 2. The second-order valence-electron chi connectivity index (χ2n) is 24.7. The van der Waals surface area contributed by atoms with E-state index in [1.807, 2.05) is 37.3 Å². The van der Waals surface area contributed by atoms with Gasteiger partial charge in [-0.25, -0.2) is 8.78 Å². The minimum absolute atomic E-state index is 0.0736. The minimum atomic E-state index is -1.48. The predicted octanol–water partition coefficient (Wildman–Crippen LogP) is 4.84. The molecule has 8 rings (SSSR count). The molecule has 9 amide bonds. The quantitative estimate of drug-likeness (QED) is 0.0237. The molecule has 0 radical (unpaired) electrons. The van der Waals surface area contributed by atoms with Crippen LogP contribution in [0.25, 0.3) is 21.8 Å². The van der Waals surface area contributed by atoms with Gasteiger partial charge in [0, 0.05) is 115 Å². The van der Waals surface area contributed by atoms with E-state index in [2.05, 4.69) is 47.9 Å². The first kappa shape index (κ1) is 73.3. The van der Waals surface area contributed by atoms with E-state index in [9.17, 15) is 57.0 Å². The fraction of sp³-hybridized carbons (Fsp3) is 0.464. The van der Waals surface area contributed by atoms with Gasteiger partial charge in [0.05, 0.1) is 13.2 Å². The molecule has 2 saturated heterocycles. The zero-order valence-corrected chi connectivity index (χ0v) is 56.2. The number of halogens is 2. The number of nitrogens with two attached hydrogens (primary N) is 2. The lowest BCUT2D eigenvalue weighted by atomic mass is 9.96. The number of carbonyl (C=O) groups excluding carboxylic acids is 9. The van der Waals surface area contributed by atoms with Crippen LogP contribution in [0, 0.1) is 11.6 Å². The van der Waals surface area contributed by atoms with Crippen LogP contribution in [0.15, 0.2) is 97.3 Å². The topological polar surface area (TPSA) is 345 Å². The van der Waals surface area contributed by atoms with E-state index in [4.69, 9.17) is 16.2 Å². The molecule has 4 aromatic carbocycles. The fourth-order valence-corrected chi connectivity index (χ4v) is 13.9. The molecule has 27 heteroatoms. The minimum Gasteiger partial charge on any atom is -0.497 e. The Balaban J connectivity index is 0.831. The number of nitrogens with one attached hydrogen (secondary N) is 8. The van der Waals surface area contributed by atoms with Gasteiger partial charge in [-0.05, 0) is 135 Å². The van der Waals surface area contributed by atoms with Gasteiger partial charge in [0.25, 0.3) is 0 Å². The molecule has 0 spiro atoms. The first-order chi connectivity index (χ1) is 46.1. The number of ether oxygens (including phenoxy) is 1.